The van der Waals surface area contributed by atoms with Gasteiger partial charge in [-0.15, -0.1) is 0 Å². The summed E-state index contributed by atoms with van der Waals surface area (Å²) in [5, 5.41) is 11.2. The highest BCUT2D eigenvalue weighted by atomic mass is 79.9. The van der Waals surface area contributed by atoms with Crippen molar-refractivity contribution in [3.63, 3.8) is 0 Å². The number of carboxylic acid groups (broad SMARTS) is 1. The number of benzene rings is 1. The van der Waals surface area contributed by atoms with Gasteiger partial charge in [-0.3, -0.25) is 9.59 Å². The molecule has 0 bridgehead atoms. The molecule has 0 spiro atoms. The number of carbonyl (C=O) groups excluding carboxylic acids is 2. The van der Waals surface area contributed by atoms with Gasteiger partial charge < -0.3 is 20.9 Å². The summed E-state index contributed by atoms with van der Waals surface area (Å²) in [4.78, 5) is 33.2. The average molecular weight is 359 g/mol. The molecule has 0 unspecified atom stereocenters. The van der Waals surface area contributed by atoms with Crippen molar-refractivity contribution in [3.8, 4) is 5.75 Å². The molecule has 2 amide bonds. The first-order valence-corrected chi connectivity index (χ1v) is 6.86. The first-order valence-electron chi connectivity index (χ1n) is 6.07. The number of nitrogens with one attached hydrogen (secondary N) is 1. The lowest BCUT2D eigenvalue weighted by molar-refractivity contribution is -0.142. The number of rotatable bonds is 8. The number of nitrogens with two attached hydrogens (primary N) is 1. The molecule has 0 aliphatic carbocycles. The van der Waals surface area contributed by atoms with Crippen LogP contribution in [0.4, 0.5) is 0 Å². The number of amides is 2. The summed E-state index contributed by atoms with van der Waals surface area (Å²) in [5.41, 5.74) is 4.95. The van der Waals surface area contributed by atoms with Crippen LogP contribution in [-0.4, -0.2) is 35.5 Å². The lowest BCUT2D eigenvalue weighted by Gasteiger charge is -2.14. The zero-order chi connectivity index (χ0) is 15.8. The maximum atomic E-state index is 11.6. The Morgan fingerprint density at radius 2 is 1.90 bits per heavy atom. The molecule has 1 aromatic rings. The zero-order valence-electron chi connectivity index (χ0n) is 11.0. The molecule has 21 heavy (non-hydrogen) atoms. The van der Waals surface area contributed by atoms with Gasteiger partial charge in [0.1, 0.15) is 11.8 Å². The van der Waals surface area contributed by atoms with Crippen LogP contribution in [0.5, 0.6) is 5.75 Å². The molecular formula is C13H15BrN2O5. The quantitative estimate of drug-likeness (QED) is 0.630. The summed E-state index contributed by atoms with van der Waals surface area (Å²) in [6, 6.07) is 5.66. The van der Waals surface area contributed by atoms with Gasteiger partial charge in [-0.25, -0.2) is 4.79 Å². The van der Waals surface area contributed by atoms with Crippen LogP contribution < -0.4 is 15.8 Å². The van der Waals surface area contributed by atoms with Gasteiger partial charge in [0.15, 0.2) is 6.61 Å². The van der Waals surface area contributed by atoms with Crippen molar-refractivity contribution in [2.24, 2.45) is 5.73 Å². The summed E-state index contributed by atoms with van der Waals surface area (Å²) in [7, 11) is 0. The molecule has 1 rings (SSSR count). The topological polar surface area (TPSA) is 119 Å². The van der Waals surface area contributed by atoms with Gasteiger partial charge in [-0.1, -0.05) is 15.9 Å². The largest absolute Gasteiger partial charge is 0.484 e. The van der Waals surface area contributed by atoms with Crippen LogP contribution in [0.3, 0.4) is 0 Å². The van der Waals surface area contributed by atoms with Crippen molar-refractivity contribution >= 4 is 33.7 Å². The fourth-order valence-corrected chi connectivity index (χ4v) is 1.72. The number of primary amides is 1. The Bertz CT molecular complexity index is 518. The van der Waals surface area contributed by atoms with Crippen molar-refractivity contribution in [3.05, 3.63) is 28.7 Å². The monoisotopic (exact) mass is 358 g/mol. The minimum absolute atomic E-state index is 0.0608. The fraction of sp³-hybridized carbons (Fsp3) is 0.308. The molecule has 1 aromatic carbocycles. The van der Waals surface area contributed by atoms with Crippen molar-refractivity contribution in [1.29, 1.82) is 0 Å². The molecule has 8 heteroatoms. The zero-order valence-corrected chi connectivity index (χ0v) is 12.6. The molecule has 4 N–H and O–H groups in total. The van der Waals surface area contributed by atoms with Crippen LogP contribution in [-0.2, 0) is 14.4 Å². The van der Waals surface area contributed by atoms with E-state index in [9.17, 15) is 14.4 Å². The third kappa shape index (κ3) is 6.75. The Balaban J connectivity index is 2.44. The molecule has 0 aliphatic heterocycles. The molecule has 0 aromatic heterocycles. The Kier molecular flexibility index (Phi) is 6.67. The number of halogens is 1. The molecule has 0 saturated heterocycles. The van der Waals surface area contributed by atoms with Crippen molar-refractivity contribution in [1.82, 2.24) is 5.32 Å². The van der Waals surface area contributed by atoms with Crippen molar-refractivity contribution in [2.45, 2.75) is 18.9 Å². The van der Waals surface area contributed by atoms with E-state index in [1.165, 1.54) is 0 Å². The Labute approximate surface area is 129 Å². The lowest BCUT2D eigenvalue weighted by Crippen LogP contribution is -2.43. The van der Waals surface area contributed by atoms with E-state index in [-0.39, 0.29) is 19.4 Å². The molecule has 114 valence electrons. The van der Waals surface area contributed by atoms with E-state index in [0.29, 0.717) is 5.75 Å². The second kappa shape index (κ2) is 8.25. The molecule has 7 nitrogen and oxygen atoms in total. The lowest BCUT2D eigenvalue weighted by atomic mass is 10.1. The maximum Gasteiger partial charge on any atom is 0.326 e. The summed E-state index contributed by atoms with van der Waals surface area (Å²) in [5.74, 6) is -1.96. The normalized spacial score (nSPS) is 11.5. The van der Waals surface area contributed by atoms with Gasteiger partial charge in [-0.05, 0) is 30.7 Å². The number of hydrogen-bond acceptors (Lipinski definition) is 4. The Morgan fingerprint density at radius 1 is 1.29 bits per heavy atom. The second-order valence-corrected chi connectivity index (χ2v) is 5.12. The summed E-state index contributed by atoms with van der Waals surface area (Å²) < 4.78 is 6.08. The minimum atomic E-state index is -1.23. The van der Waals surface area contributed by atoms with E-state index in [1.807, 2.05) is 0 Å². The minimum Gasteiger partial charge on any atom is -0.484 e. The summed E-state index contributed by atoms with van der Waals surface area (Å²) in [6.07, 6.45) is -0.181. The third-order valence-electron chi connectivity index (χ3n) is 2.50. The van der Waals surface area contributed by atoms with Crippen LogP contribution in [0.2, 0.25) is 0 Å². The molecule has 0 heterocycles. The third-order valence-corrected chi connectivity index (χ3v) is 3.02. The van der Waals surface area contributed by atoms with E-state index in [2.05, 4.69) is 21.2 Å². The SMILES string of the molecule is NC(=O)CC[C@@H](NC(=O)COc1ccc(Br)cc1)C(=O)O. The van der Waals surface area contributed by atoms with Gasteiger partial charge in [0.2, 0.25) is 5.91 Å². The highest BCUT2D eigenvalue weighted by Gasteiger charge is 2.20. The second-order valence-electron chi connectivity index (χ2n) is 4.21. The molecular weight excluding hydrogens is 344 g/mol. The van der Waals surface area contributed by atoms with Gasteiger partial charge in [0.05, 0.1) is 0 Å². The van der Waals surface area contributed by atoms with E-state index in [0.717, 1.165) is 4.47 Å². The first kappa shape index (κ1) is 17.0. The molecule has 0 aliphatic rings. The van der Waals surface area contributed by atoms with E-state index in [4.69, 9.17) is 15.6 Å². The number of hydrogen-bond donors (Lipinski definition) is 3. The fourth-order valence-electron chi connectivity index (χ4n) is 1.46. The van der Waals surface area contributed by atoms with Crippen molar-refractivity contribution in [2.75, 3.05) is 6.61 Å². The van der Waals surface area contributed by atoms with Crippen LogP contribution in [0.15, 0.2) is 28.7 Å². The summed E-state index contributed by atoms with van der Waals surface area (Å²) in [6.45, 7) is -0.317. The molecule has 0 radical (unpaired) electrons. The van der Waals surface area contributed by atoms with Crippen LogP contribution in [0.1, 0.15) is 12.8 Å². The maximum absolute atomic E-state index is 11.6. The smallest absolute Gasteiger partial charge is 0.326 e. The van der Waals surface area contributed by atoms with Crippen LogP contribution in [0, 0.1) is 0 Å². The van der Waals surface area contributed by atoms with Gasteiger partial charge in [0, 0.05) is 10.9 Å². The number of carboxylic acids is 1. The Hall–Kier alpha value is -2.09. The molecule has 0 fully saturated rings. The van der Waals surface area contributed by atoms with Gasteiger partial charge in [0.25, 0.3) is 5.91 Å². The standard InChI is InChI=1S/C13H15BrN2O5/c14-8-1-3-9(4-2-8)21-7-12(18)16-10(13(19)20)5-6-11(15)17/h1-4,10H,5-7H2,(H2,15,17)(H,16,18)(H,19,20)/t10-/m1/s1. The van der Waals surface area contributed by atoms with E-state index >= 15 is 0 Å². The highest BCUT2D eigenvalue weighted by Crippen LogP contribution is 2.15. The summed E-state index contributed by atoms with van der Waals surface area (Å²) >= 11 is 3.27. The van der Waals surface area contributed by atoms with Gasteiger partial charge in [-0.2, -0.15) is 0 Å². The molecule has 1 atom stereocenters. The van der Waals surface area contributed by atoms with E-state index in [1.54, 1.807) is 24.3 Å². The van der Waals surface area contributed by atoms with Crippen LogP contribution >= 0.6 is 15.9 Å². The van der Waals surface area contributed by atoms with Crippen LogP contribution in [0.25, 0.3) is 0 Å². The predicted molar refractivity (Wildman–Crippen MR) is 77.6 cm³/mol. The number of aliphatic carboxylic acids is 1. The number of carbonyl (C=O) groups is 3. The average Bonchev–Trinajstić information content (AvgIpc) is 2.42. The highest BCUT2D eigenvalue weighted by molar-refractivity contribution is 9.10. The molecule has 0 saturated carbocycles. The predicted octanol–water partition coefficient (Wildman–Crippen LogP) is 0.663. The van der Waals surface area contributed by atoms with Gasteiger partial charge >= 0.3 is 5.97 Å². The Morgan fingerprint density at radius 3 is 2.43 bits per heavy atom. The number of ether oxygens (including phenoxy) is 1. The van der Waals surface area contributed by atoms with E-state index < -0.39 is 23.8 Å². The van der Waals surface area contributed by atoms with Crippen molar-refractivity contribution < 1.29 is 24.2 Å². The first-order chi connectivity index (χ1) is 9.88.